The van der Waals surface area contributed by atoms with Crippen molar-refractivity contribution in [2.75, 3.05) is 26.7 Å². The van der Waals surface area contributed by atoms with Gasteiger partial charge in [0.1, 0.15) is 0 Å². The second-order valence-corrected chi connectivity index (χ2v) is 5.61. The van der Waals surface area contributed by atoms with Crippen LogP contribution in [0.15, 0.2) is 0 Å². The summed E-state index contributed by atoms with van der Waals surface area (Å²) >= 11 is 0. The van der Waals surface area contributed by atoms with E-state index in [0.29, 0.717) is 12.6 Å². The minimum atomic E-state index is -0.371. The van der Waals surface area contributed by atoms with Crippen molar-refractivity contribution in [1.82, 2.24) is 10.2 Å². The molecule has 1 N–H and O–H groups in total. The molecule has 1 unspecified atom stereocenters. The van der Waals surface area contributed by atoms with Crippen molar-refractivity contribution >= 4 is 11.7 Å². The van der Waals surface area contributed by atoms with Crippen molar-refractivity contribution in [3.8, 4) is 0 Å². The number of ether oxygens (including phenoxy) is 1. The van der Waals surface area contributed by atoms with Crippen LogP contribution in [0.25, 0.3) is 0 Å². The van der Waals surface area contributed by atoms with Gasteiger partial charge in [0, 0.05) is 20.2 Å². The third kappa shape index (κ3) is 5.28. The van der Waals surface area contributed by atoms with Gasteiger partial charge in [-0.15, -0.1) is 0 Å². The Morgan fingerprint density at radius 2 is 1.89 bits per heavy atom. The number of carbonyl (C=O) groups is 2. The number of amides is 1. The van der Waals surface area contributed by atoms with Crippen molar-refractivity contribution < 1.29 is 14.3 Å². The molecule has 0 aliphatic carbocycles. The number of methoxy groups -OCH3 is 1. The fourth-order valence-corrected chi connectivity index (χ4v) is 2.46. The lowest BCUT2D eigenvalue weighted by molar-refractivity contribution is -0.128. The molecule has 19 heavy (non-hydrogen) atoms. The normalized spacial score (nSPS) is 19.4. The van der Waals surface area contributed by atoms with Crippen LogP contribution in [0.3, 0.4) is 0 Å². The van der Waals surface area contributed by atoms with Crippen LogP contribution in [0.2, 0.25) is 0 Å². The highest BCUT2D eigenvalue weighted by atomic mass is 16.5. The van der Waals surface area contributed by atoms with Gasteiger partial charge >= 0.3 is 0 Å². The third-order valence-corrected chi connectivity index (χ3v) is 3.66. The molecule has 0 aromatic heterocycles. The van der Waals surface area contributed by atoms with Crippen LogP contribution in [0.1, 0.15) is 33.6 Å². The van der Waals surface area contributed by atoms with Crippen LogP contribution in [0.5, 0.6) is 0 Å². The molecule has 0 spiro atoms. The molecule has 1 rings (SSSR count). The molecule has 1 saturated heterocycles. The molecule has 1 aliphatic heterocycles. The lowest BCUT2D eigenvalue weighted by Crippen LogP contribution is -2.49. The maximum absolute atomic E-state index is 11.9. The maximum atomic E-state index is 11.9. The zero-order valence-electron chi connectivity index (χ0n) is 12.4. The summed E-state index contributed by atoms with van der Waals surface area (Å²) in [5.74, 6) is 0.0758. The van der Waals surface area contributed by atoms with Crippen molar-refractivity contribution in [3.05, 3.63) is 0 Å². The Morgan fingerprint density at radius 3 is 2.32 bits per heavy atom. The molecule has 0 radical (unpaired) electrons. The van der Waals surface area contributed by atoms with Crippen LogP contribution in [0.4, 0.5) is 0 Å². The van der Waals surface area contributed by atoms with E-state index in [1.54, 1.807) is 7.11 Å². The van der Waals surface area contributed by atoms with E-state index in [-0.39, 0.29) is 23.7 Å². The number of Topliss-reactive ketones (excluding diaryl/α,β-unsaturated/α-hetero) is 1. The van der Waals surface area contributed by atoms with Gasteiger partial charge in [0.15, 0.2) is 5.78 Å². The Morgan fingerprint density at radius 1 is 1.32 bits per heavy atom. The highest BCUT2D eigenvalue weighted by Gasteiger charge is 2.24. The van der Waals surface area contributed by atoms with Gasteiger partial charge in [-0.2, -0.15) is 0 Å². The Bertz CT molecular complexity index is 310. The summed E-state index contributed by atoms with van der Waals surface area (Å²) in [6, 6.07) is -0.371. The molecule has 0 aromatic carbocycles. The van der Waals surface area contributed by atoms with Gasteiger partial charge in [-0.1, -0.05) is 13.8 Å². The molecule has 0 bridgehead atoms. The van der Waals surface area contributed by atoms with E-state index in [1.165, 1.54) is 6.92 Å². The summed E-state index contributed by atoms with van der Waals surface area (Å²) in [7, 11) is 1.73. The minimum Gasteiger partial charge on any atom is -0.381 e. The van der Waals surface area contributed by atoms with Gasteiger partial charge in [-0.3, -0.25) is 14.5 Å². The molecule has 0 saturated carbocycles. The molecule has 1 atom stereocenters. The summed E-state index contributed by atoms with van der Waals surface area (Å²) in [6.07, 6.45) is 2.24. The van der Waals surface area contributed by atoms with E-state index in [1.807, 2.05) is 13.8 Å². The summed E-state index contributed by atoms with van der Waals surface area (Å²) in [5, 5.41) is 2.83. The summed E-state index contributed by atoms with van der Waals surface area (Å²) in [4.78, 5) is 25.5. The van der Waals surface area contributed by atoms with E-state index in [2.05, 4.69) is 10.2 Å². The molecular formula is C14H26N2O3. The largest absolute Gasteiger partial charge is 0.381 e. The van der Waals surface area contributed by atoms with Gasteiger partial charge in [0.25, 0.3) is 0 Å². The number of carbonyl (C=O) groups excluding carboxylic acids is 2. The number of hydrogen-bond donors (Lipinski definition) is 1. The quantitative estimate of drug-likeness (QED) is 0.776. The third-order valence-electron chi connectivity index (χ3n) is 3.66. The highest BCUT2D eigenvalue weighted by molar-refractivity contribution is 5.88. The minimum absolute atomic E-state index is 0.0152. The monoisotopic (exact) mass is 270 g/mol. The molecule has 1 heterocycles. The SMILES string of the molecule is COC1CCN(CC(=O)NC(C(C)=O)C(C)C)CC1. The molecular weight excluding hydrogens is 244 g/mol. The zero-order chi connectivity index (χ0) is 14.4. The van der Waals surface area contributed by atoms with Gasteiger partial charge in [0.05, 0.1) is 18.7 Å². The Balaban J connectivity index is 2.37. The topological polar surface area (TPSA) is 58.6 Å². The number of likely N-dealkylation sites (tertiary alicyclic amines) is 1. The fourth-order valence-electron chi connectivity index (χ4n) is 2.46. The van der Waals surface area contributed by atoms with Crippen LogP contribution >= 0.6 is 0 Å². The number of nitrogens with one attached hydrogen (secondary N) is 1. The summed E-state index contributed by atoms with van der Waals surface area (Å²) < 4.78 is 5.30. The second kappa shape index (κ2) is 7.60. The summed E-state index contributed by atoms with van der Waals surface area (Å²) in [5.41, 5.74) is 0. The van der Waals surface area contributed by atoms with E-state index < -0.39 is 0 Å². The van der Waals surface area contributed by atoms with Crippen LogP contribution in [-0.4, -0.2) is 55.5 Å². The van der Waals surface area contributed by atoms with Gasteiger partial charge < -0.3 is 10.1 Å². The van der Waals surface area contributed by atoms with E-state index >= 15 is 0 Å². The highest BCUT2D eigenvalue weighted by Crippen LogP contribution is 2.12. The Labute approximate surface area is 115 Å². The lowest BCUT2D eigenvalue weighted by Gasteiger charge is -2.31. The fraction of sp³-hybridized carbons (Fsp3) is 0.857. The molecule has 5 heteroatoms. The van der Waals surface area contributed by atoms with Gasteiger partial charge in [-0.25, -0.2) is 0 Å². The lowest BCUT2D eigenvalue weighted by atomic mass is 10.0. The molecule has 1 fully saturated rings. The van der Waals surface area contributed by atoms with Crippen molar-refractivity contribution in [1.29, 1.82) is 0 Å². The van der Waals surface area contributed by atoms with E-state index in [0.717, 1.165) is 25.9 Å². The van der Waals surface area contributed by atoms with Crippen molar-refractivity contribution in [2.45, 2.75) is 45.8 Å². The van der Waals surface area contributed by atoms with Crippen LogP contribution < -0.4 is 5.32 Å². The molecule has 1 amide bonds. The van der Waals surface area contributed by atoms with Crippen molar-refractivity contribution in [3.63, 3.8) is 0 Å². The molecule has 110 valence electrons. The first-order chi connectivity index (χ1) is 8.93. The summed E-state index contributed by atoms with van der Waals surface area (Å²) in [6.45, 7) is 7.52. The second-order valence-electron chi connectivity index (χ2n) is 5.61. The molecule has 1 aliphatic rings. The molecule has 5 nitrogen and oxygen atoms in total. The first-order valence-electron chi connectivity index (χ1n) is 6.99. The van der Waals surface area contributed by atoms with E-state index in [4.69, 9.17) is 4.74 Å². The van der Waals surface area contributed by atoms with Crippen LogP contribution in [0, 0.1) is 5.92 Å². The van der Waals surface area contributed by atoms with Crippen LogP contribution in [-0.2, 0) is 14.3 Å². The average Bonchev–Trinajstić information content (AvgIpc) is 2.36. The smallest absolute Gasteiger partial charge is 0.234 e. The van der Waals surface area contributed by atoms with Crippen molar-refractivity contribution in [2.24, 2.45) is 5.92 Å². The first-order valence-corrected chi connectivity index (χ1v) is 6.99. The number of hydrogen-bond acceptors (Lipinski definition) is 4. The average molecular weight is 270 g/mol. The van der Waals surface area contributed by atoms with Gasteiger partial charge in [0.2, 0.25) is 5.91 Å². The maximum Gasteiger partial charge on any atom is 0.234 e. The zero-order valence-corrected chi connectivity index (χ0v) is 12.4. The standard InChI is InChI=1S/C14H26N2O3/c1-10(2)14(11(3)17)15-13(18)9-16-7-5-12(19-4)6-8-16/h10,12,14H,5-9H2,1-4H3,(H,15,18). The Kier molecular flexibility index (Phi) is 6.45. The predicted molar refractivity (Wildman–Crippen MR) is 73.9 cm³/mol. The number of ketones is 1. The van der Waals surface area contributed by atoms with Gasteiger partial charge in [-0.05, 0) is 25.7 Å². The van der Waals surface area contributed by atoms with E-state index in [9.17, 15) is 9.59 Å². The number of piperidine rings is 1. The number of rotatable bonds is 6. The number of nitrogens with zero attached hydrogens (tertiary/aromatic N) is 1. The predicted octanol–water partition coefficient (Wildman–Crippen LogP) is 0.827. The molecule has 0 aromatic rings. The Hall–Kier alpha value is -0.940. The first kappa shape index (κ1) is 16.1.